The van der Waals surface area contributed by atoms with Crippen LogP contribution in [0.5, 0.6) is 0 Å². The van der Waals surface area contributed by atoms with Gasteiger partial charge in [-0.2, -0.15) is 0 Å². The Balaban J connectivity index is 1.80. The van der Waals surface area contributed by atoms with Crippen LogP contribution in [0.1, 0.15) is 71.1 Å². The van der Waals surface area contributed by atoms with Gasteiger partial charge in [0.2, 0.25) is 0 Å². The van der Waals surface area contributed by atoms with Crippen LogP contribution in [-0.2, 0) is 0 Å². The second-order valence-electron chi connectivity index (χ2n) is 6.03. The van der Waals surface area contributed by atoms with E-state index in [9.17, 15) is 0 Å². The van der Waals surface area contributed by atoms with E-state index in [0.29, 0.717) is 0 Å². The highest BCUT2D eigenvalue weighted by Gasteiger charge is 2.15. The van der Waals surface area contributed by atoms with Crippen molar-refractivity contribution in [2.75, 3.05) is 26.7 Å². The molecule has 0 aliphatic carbocycles. The summed E-state index contributed by atoms with van der Waals surface area (Å²) in [6.07, 6.45) is 14.1. The van der Waals surface area contributed by atoms with Crippen molar-refractivity contribution in [3.63, 3.8) is 0 Å². The SMILES string of the molecule is CCCCCCCCCCNC1CCCN(C)C1. The van der Waals surface area contributed by atoms with Gasteiger partial charge in [-0.25, -0.2) is 0 Å². The van der Waals surface area contributed by atoms with Crippen LogP contribution in [0.15, 0.2) is 0 Å². The lowest BCUT2D eigenvalue weighted by Gasteiger charge is -2.30. The standard InChI is InChI=1S/C16H34N2/c1-3-4-5-6-7-8-9-10-13-17-16-12-11-14-18(2)15-16/h16-17H,3-15H2,1-2H3. The maximum atomic E-state index is 3.72. The predicted molar refractivity (Wildman–Crippen MR) is 81.1 cm³/mol. The van der Waals surface area contributed by atoms with Gasteiger partial charge in [0.25, 0.3) is 0 Å². The first-order valence-corrected chi connectivity index (χ1v) is 8.25. The van der Waals surface area contributed by atoms with Crippen molar-refractivity contribution in [3.05, 3.63) is 0 Å². The Hall–Kier alpha value is -0.0800. The van der Waals surface area contributed by atoms with E-state index in [0.717, 1.165) is 6.04 Å². The fourth-order valence-electron chi connectivity index (χ4n) is 2.90. The number of nitrogens with one attached hydrogen (secondary N) is 1. The molecule has 0 aromatic heterocycles. The van der Waals surface area contributed by atoms with Crippen LogP contribution >= 0.6 is 0 Å². The minimum atomic E-state index is 0.758. The summed E-state index contributed by atoms with van der Waals surface area (Å²) in [5.74, 6) is 0. The smallest absolute Gasteiger partial charge is 0.0195 e. The Morgan fingerprint density at radius 2 is 1.67 bits per heavy atom. The molecule has 0 saturated carbocycles. The fraction of sp³-hybridized carbons (Fsp3) is 1.00. The summed E-state index contributed by atoms with van der Waals surface area (Å²) in [5, 5.41) is 3.72. The topological polar surface area (TPSA) is 15.3 Å². The zero-order chi connectivity index (χ0) is 13.1. The summed E-state index contributed by atoms with van der Waals surface area (Å²) < 4.78 is 0. The summed E-state index contributed by atoms with van der Waals surface area (Å²) in [5.41, 5.74) is 0. The van der Waals surface area contributed by atoms with E-state index in [-0.39, 0.29) is 0 Å². The molecule has 1 atom stereocenters. The van der Waals surface area contributed by atoms with Crippen LogP contribution in [0.3, 0.4) is 0 Å². The molecule has 108 valence electrons. The minimum Gasteiger partial charge on any atom is -0.313 e. The van der Waals surface area contributed by atoms with Crippen molar-refractivity contribution in [1.29, 1.82) is 0 Å². The van der Waals surface area contributed by atoms with E-state index in [1.165, 1.54) is 83.8 Å². The highest BCUT2D eigenvalue weighted by atomic mass is 15.1. The fourth-order valence-corrected chi connectivity index (χ4v) is 2.90. The average Bonchev–Trinajstić information content (AvgIpc) is 2.37. The predicted octanol–water partition coefficient (Wildman–Crippen LogP) is 3.81. The van der Waals surface area contributed by atoms with Crippen LogP contribution in [-0.4, -0.2) is 37.6 Å². The number of piperidine rings is 1. The van der Waals surface area contributed by atoms with Crippen LogP contribution in [0.25, 0.3) is 0 Å². The van der Waals surface area contributed by atoms with Gasteiger partial charge in [-0.1, -0.05) is 51.9 Å². The summed E-state index contributed by atoms with van der Waals surface area (Å²) >= 11 is 0. The van der Waals surface area contributed by atoms with E-state index in [4.69, 9.17) is 0 Å². The molecule has 1 N–H and O–H groups in total. The van der Waals surface area contributed by atoms with Crippen molar-refractivity contribution >= 4 is 0 Å². The molecule has 0 spiro atoms. The van der Waals surface area contributed by atoms with Crippen molar-refractivity contribution in [2.24, 2.45) is 0 Å². The third-order valence-corrected chi connectivity index (χ3v) is 4.09. The van der Waals surface area contributed by atoms with Gasteiger partial charge in [0.15, 0.2) is 0 Å². The molecule has 0 amide bonds. The van der Waals surface area contributed by atoms with E-state index in [1.54, 1.807) is 0 Å². The lowest BCUT2D eigenvalue weighted by Crippen LogP contribution is -2.44. The van der Waals surface area contributed by atoms with Crippen LogP contribution in [0.2, 0.25) is 0 Å². The molecule has 0 aromatic rings. The van der Waals surface area contributed by atoms with E-state index < -0.39 is 0 Å². The van der Waals surface area contributed by atoms with E-state index >= 15 is 0 Å². The number of likely N-dealkylation sites (N-methyl/N-ethyl adjacent to an activating group) is 1. The molecule has 18 heavy (non-hydrogen) atoms. The maximum Gasteiger partial charge on any atom is 0.0195 e. The maximum absolute atomic E-state index is 3.72. The number of hydrogen-bond donors (Lipinski definition) is 1. The Morgan fingerprint density at radius 3 is 2.33 bits per heavy atom. The normalized spacial score (nSPS) is 21.3. The third-order valence-electron chi connectivity index (χ3n) is 4.09. The number of unbranched alkanes of at least 4 members (excludes halogenated alkanes) is 7. The van der Waals surface area contributed by atoms with Gasteiger partial charge in [-0.05, 0) is 39.4 Å². The van der Waals surface area contributed by atoms with Crippen LogP contribution in [0, 0.1) is 0 Å². The molecular formula is C16H34N2. The Kier molecular flexibility index (Phi) is 9.59. The first-order valence-electron chi connectivity index (χ1n) is 8.25. The van der Waals surface area contributed by atoms with Crippen molar-refractivity contribution < 1.29 is 0 Å². The lowest BCUT2D eigenvalue weighted by atomic mass is 10.1. The quantitative estimate of drug-likeness (QED) is 0.596. The van der Waals surface area contributed by atoms with Gasteiger partial charge >= 0.3 is 0 Å². The van der Waals surface area contributed by atoms with Gasteiger partial charge in [-0.15, -0.1) is 0 Å². The number of likely N-dealkylation sites (tertiary alicyclic amines) is 1. The molecule has 1 heterocycles. The lowest BCUT2D eigenvalue weighted by molar-refractivity contribution is 0.227. The summed E-state index contributed by atoms with van der Waals surface area (Å²) in [6.45, 7) is 6.05. The van der Waals surface area contributed by atoms with Gasteiger partial charge in [0, 0.05) is 12.6 Å². The van der Waals surface area contributed by atoms with Gasteiger partial charge in [0.05, 0.1) is 0 Å². The molecule has 1 saturated heterocycles. The monoisotopic (exact) mass is 254 g/mol. The Bertz CT molecular complexity index is 182. The third kappa shape index (κ3) is 8.10. The highest BCUT2D eigenvalue weighted by Crippen LogP contribution is 2.10. The highest BCUT2D eigenvalue weighted by molar-refractivity contribution is 4.75. The van der Waals surface area contributed by atoms with Crippen molar-refractivity contribution in [2.45, 2.75) is 77.2 Å². The second kappa shape index (κ2) is 10.8. The van der Waals surface area contributed by atoms with E-state index in [2.05, 4.69) is 24.2 Å². The van der Waals surface area contributed by atoms with Gasteiger partial charge in [0.1, 0.15) is 0 Å². The van der Waals surface area contributed by atoms with Crippen molar-refractivity contribution in [1.82, 2.24) is 10.2 Å². The summed E-state index contributed by atoms with van der Waals surface area (Å²) in [4.78, 5) is 2.45. The zero-order valence-electron chi connectivity index (χ0n) is 12.7. The molecule has 2 heteroatoms. The Labute approximate surface area is 115 Å². The van der Waals surface area contributed by atoms with Gasteiger partial charge < -0.3 is 10.2 Å². The number of hydrogen-bond acceptors (Lipinski definition) is 2. The summed E-state index contributed by atoms with van der Waals surface area (Å²) in [7, 11) is 2.24. The average molecular weight is 254 g/mol. The molecule has 1 fully saturated rings. The first kappa shape index (κ1) is 16.0. The first-order chi connectivity index (χ1) is 8.83. The van der Waals surface area contributed by atoms with Crippen LogP contribution < -0.4 is 5.32 Å². The summed E-state index contributed by atoms with van der Waals surface area (Å²) in [6, 6.07) is 0.758. The number of rotatable bonds is 10. The molecule has 1 rings (SSSR count). The van der Waals surface area contributed by atoms with Gasteiger partial charge in [-0.3, -0.25) is 0 Å². The largest absolute Gasteiger partial charge is 0.313 e. The zero-order valence-corrected chi connectivity index (χ0v) is 12.7. The Morgan fingerprint density at radius 1 is 1.00 bits per heavy atom. The molecule has 0 bridgehead atoms. The molecule has 2 nitrogen and oxygen atoms in total. The van der Waals surface area contributed by atoms with Crippen molar-refractivity contribution in [3.8, 4) is 0 Å². The molecule has 1 aliphatic heterocycles. The van der Waals surface area contributed by atoms with E-state index in [1.807, 2.05) is 0 Å². The molecular weight excluding hydrogens is 220 g/mol. The minimum absolute atomic E-state index is 0.758. The van der Waals surface area contributed by atoms with Crippen LogP contribution in [0.4, 0.5) is 0 Å². The molecule has 1 unspecified atom stereocenters. The molecule has 1 aliphatic rings. The number of nitrogens with zero attached hydrogens (tertiary/aromatic N) is 1. The molecule has 0 radical (unpaired) electrons. The molecule has 0 aromatic carbocycles. The second-order valence-corrected chi connectivity index (χ2v) is 6.03.